The molecule has 1 aromatic rings. The van der Waals surface area contributed by atoms with Gasteiger partial charge in [0.15, 0.2) is 0 Å². The molecule has 0 saturated carbocycles. The van der Waals surface area contributed by atoms with Crippen LogP contribution in [0.4, 0.5) is 0 Å². The van der Waals surface area contributed by atoms with Gasteiger partial charge < -0.3 is 0 Å². The van der Waals surface area contributed by atoms with E-state index in [0.29, 0.717) is 6.71 Å². The van der Waals surface area contributed by atoms with E-state index in [9.17, 15) is 0 Å². The Bertz CT molecular complexity index is 298. The minimum Gasteiger partial charge on any atom is -0.243 e. The van der Waals surface area contributed by atoms with Gasteiger partial charge in [-0.15, -0.1) is 5.98 Å². The summed E-state index contributed by atoms with van der Waals surface area (Å²) in [5.41, 5.74) is 1.36. The van der Waals surface area contributed by atoms with E-state index in [-0.39, 0.29) is 0 Å². The molecule has 0 spiro atoms. The van der Waals surface area contributed by atoms with Gasteiger partial charge in [-0.3, -0.25) is 0 Å². The van der Waals surface area contributed by atoms with Crippen LogP contribution in [0.5, 0.6) is 0 Å². The van der Waals surface area contributed by atoms with E-state index in [0.717, 1.165) is 0 Å². The second-order valence-electron chi connectivity index (χ2n) is 2.90. The lowest BCUT2D eigenvalue weighted by Crippen LogP contribution is -2.29. The fraction of sp³-hybridized carbons (Fsp3) is 0. The highest BCUT2D eigenvalue weighted by Gasteiger charge is 2.04. The summed E-state index contributed by atoms with van der Waals surface area (Å²) in [4.78, 5) is 0. The van der Waals surface area contributed by atoms with Gasteiger partial charge >= 0.3 is 0 Å². The Labute approximate surface area is 73.7 Å². The summed E-state index contributed by atoms with van der Waals surface area (Å²) in [5.74, 6) is 2.20. The SMILES string of the molecule is C1=C[CH-]B(c2ccccc2)C=C1. The molecular weight excluding hydrogens is 143 g/mol. The maximum atomic E-state index is 2.20. The smallest absolute Gasteiger partial charge is 0.131 e. The number of allylic oxidation sites excluding steroid dienone is 3. The Balaban J connectivity index is 2.21. The number of hydrogen-bond acceptors (Lipinski definition) is 0. The van der Waals surface area contributed by atoms with Gasteiger partial charge in [0.25, 0.3) is 0 Å². The monoisotopic (exact) mass is 153 g/mol. The molecule has 1 aliphatic rings. The molecule has 0 atom stereocenters. The molecule has 0 aromatic heterocycles. The Kier molecular flexibility index (Phi) is 2.04. The summed E-state index contributed by atoms with van der Waals surface area (Å²) < 4.78 is 0. The Morgan fingerprint density at radius 2 is 1.83 bits per heavy atom. The Morgan fingerprint density at radius 3 is 2.50 bits per heavy atom. The van der Waals surface area contributed by atoms with Gasteiger partial charge in [-0.1, -0.05) is 35.8 Å². The van der Waals surface area contributed by atoms with Crippen LogP contribution in [0.2, 0.25) is 0 Å². The summed E-state index contributed by atoms with van der Waals surface area (Å²) in [7, 11) is 0. The van der Waals surface area contributed by atoms with Crippen molar-refractivity contribution in [3.63, 3.8) is 0 Å². The largest absolute Gasteiger partial charge is 0.243 e. The van der Waals surface area contributed by atoms with E-state index in [2.05, 4.69) is 54.8 Å². The predicted octanol–water partition coefficient (Wildman–Crippen LogP) is 1.80. The average Bonchev–Trinajstić information content (AvgIpc) is 2.21. The molecule has 0 bridgehead atoms. The molecule has 0 unspecified atom stereocenters. The summed E-state index contributed by atoms with van der Waals surface area (Å²) in [5, 5.41) is 0. The molecule has 12 heavy (non-hydrogen) atoms. The molecular formula is C11H10B-. The lowest BCUT2D eigenvalue weighted by Gasteiger charge is -2.16. The van der Waals surface area contributed by atoms with Gasteiger partial charge in [0.05, 0.1) is 0 Å². The van der Waals surface area contributed by atoms with Gasteiger partial charge in [0, 0.05) is 0 Å². The first kappa shape index (κ1) is 7.29. The van der Waals surface area contributed by atoms with Crippen molar-refractivity contribution in [3.8, 4) is 0 Å². The highest BCUT2D eigenvalue weighted by atomic mass is 13.9. The van der Waals surface area contributed by atoms with Crippen LogP contribution < -0.4 is 5.46 Å². The summed E-state index contributed by atoms with van der Waals surface area (Å²) >= 11 is 0. The molecule has 2 rings (SSSR count). The molecule has 0 fully saturated rings. The maximum Gasteiger partial charge on any atom is 0.131 e. The maximum absolute atomic E-state index is 2.20. The number of benzene rings is 1. The van der Waals surface area contributed by atoms with Crippen molar-refractivity contribution in [1.29, 1.82) is 0 Å². The Hall–Kier alpha value is -1.37. The third kappa shape index (κ3) is 1.45. The molecule has 1 heteroatoms. The summed E-state index contributed by atoms with van der Waals surface area (Å²) in [6, 6.07) is 10.5. The van der Waals surface area contributed by atoms with Crippen molar-refractivity contribution >= 4 is 12.2 Å². The minimum atomic E-state index is 0.469. The van der Waals surface area contributed by atoms with Gasteiger partial charge in [-0.05, 0) is 0 Å². The fourth-order valence-electron chi connectivity index (χ4n) is 1.39. The van der Waals surface area contributed by atoms with Crippen LogP contribution in [-0.2, 0) is 0 Å². The van der Waals surface area contributed by atoms with Crippen LogP contribution in [0.15, 0.2) is 54.5 Å². The number of rotatable bonds is 1. The lowest BCUT2D eigenvalue weighted by atomic mass is 9.42. The zero-order chi connectivity index (χ0) is 8.23. The van der Waals surface area contributed by atoms with E-state index in [1.165, 1.54) is 5.46 Å². The molecule has 0 saturated heterocycles. The highest BCUT2D eigenvalue weighted by Crippen LogP contribution is 2.00. The molecule has 0 nitrogen and oxygen atoms in total. The van der Waals surface area contributed by atoms with Crippen LogP contribution in [-0.4, -0.2) is 6.71 Å². The first-order chi connectivity index (χ1) is 5.97. The molecule has 1 aromatic carbocycles. The first-order valence-corrected chi connectivity index (χ1v) is 4.20. The van der Waals surface area contributed by atoms with Crippen molar-refractivity contribution in [1.82, 2.24) is 0 Å². The van der Waals surface area contributed by atoms with E-state index in [1.54, 1.807) is 0 Å². The molecule has 0 radical (unpaired) electrons. The minimum absolute atomic E-state index is 0.469. The normalized spacial score (nSPS) is 14.5. The first-order valence-electron chi connectivity index (χ1n) is 4.20. The quantitative estimate of drug-likeness (QED) is 0.426. The van der Waals surface area contributed by atoms with Crippen molar-refractivity contribution in [3.05, 3.63) is 60.9 Å². The second-order valence-corrected chi connectivity index (χ2v) is 2.90. The summed E-state index contributed by atoms with van der Waals surface area (Å²) in [6.45, 7) is 0.469. The number of hydrogen-bond donors (Lipinski definition) is 0. The topological polar surface area (TPSA) is 0 Å². The van der Waals surface area contributed by atoms with Gasteiger partial charge in [-0.25, -0.2) is 18.5 Å². The van der Waals surface area contributed by atoms with Gasteiger partial charge in [-0.2, -0.15) is 6.08 Å². The van der Waals surface area contributed by atoms with Crippen molar-refractivity contribution in [2.24, 2.45) is 0 Å². The van der Waals surface area contributed by atoms with Crippen LogP contribution >= 0.6 is 0 Å². The molecule has 0 N–H and O–H groups in total. The third-order valence-electron chi connectivity index (χ3n) is 2.04. The standard InChI is InChI=1S/C11H10B/c1-3-7-11(8-4-1)12-9-5-2-6-10-12/h1-10H/q-1. The van der Waals surface area contributed by atoms with Crippen LogP contribution in [0.3, 0.4) is 0 Å². The average molecular weight is 153 g/mol. The second kappa shape index (κ2) is 3.35. The van der Waals surface area contributed by atoms with Crippen molar-refractivity contribution in [2.75, 3.05) is 0 Å². The highest BCUT2D eigenvalue weighted by molar-refractivity contribution is 6.81. The van der Waals surface area contributed by atoms with E-state index in [1.807, 2.05) is 6.07 Å². The lowest BCUT2D eigenvalue weighted by molar-refractivity contribution is 1.73. The Morgan fingerprint density at radius 1 is 1.00 bits per heavy atom. The van der Waals surface area contributed by atoms with Gasteiger partial charge in [0.1, 0.15) is 6.71 Å². The fourth-order valence-corrected chi connectivity index (χ4v) is 1.39. The van der Waals surface area contributed by atoms with Gasteiger partial charge in [0.2, 0.25) is 0 Å². The van der Waals surface area contributed by atoms with Crippen LogP contribution in [0.1, 0.15) is 0 Å². The van der Waals surface area contributed by atoms with E-state index < -0.39 is 0 Å². The summed E-state index contributed by atoms with van der Waals surface area (Å²) in [6.07, 6.45) is 8.45. The predicted molar refractivity (Wildman–Crippen MR) is 54.4 cm³/mol. The zero-order valence-corrected chi connectivity index (χ0v) is 6.85. The van der Waals surface area contributed by atoms with Crippen LogP contribution in [0, 0.1) is 6.32 Å². The van der Waals surface area contributed by atoms with Crippen LogP contribution in [0.25, 0.3) is 0 Å². The van der Waals surface area contributed by atoms with E-state index >= 15 is 0 Å². The third-order valence-corrected chi connectivity index (χ3v) is 2.04. The van der Waals surface area contributed by atoms with Crippen molar-refractivity contribution in [2.45, 2.75) is 0 Å². The zero-order valence-electron chi connectivity index (χ0n) is 6.85. The van der Waals surface area contributed by atoms with E-state index in [4.69, 9.17) is 0 Å². The molecule has 0 amide bonds. The van der Waals surface area contributed by atoms with Crippen molar-refractivity contribution < 1.29 is 0 Å². The molecule has 1 aliphatic heterocycles. The molecule has 58 valence electrons. The molecule has 1 heterocycles. The molecule has 0 aliphatic carbocycles.